The Labute approximate surface area is 188 Å². The van der Waals surface area contributed by atoms with Gasteiger partial charge in [-0.05, 0) is 29.2 Å². The van der Waals surface area contributed by atoms with Crippen molar-refractivity contribution in [3.8, 4) is 0 Å². The van der Waals surface area contributed by atoms with Crippen molar-refractivity contribution in [1.82, 2.24) is 15.2 Å². The Morgan fingerprint density at radius 2 is 1.62 bits per heavy atom. The second-order valence-corrected chi connectivity index (χ2v) is 8.23. The van der Waals surface area contributed by atoms with Crippen molar-refractivity contribution in [2.45, 2.75) is 25.6 Å². The third kappa shape index (κ3) is 4.39. The fraction of sp³-hybridized carbons (Fsp3) is 0.222. The first kappa shape index (κ1) is 20.3. The number of hydrogen-bond donors (Lipinski definition) is 2. The molecular formula is C27H27N3O2. The number of fused-ring (bicyclic) bond motifs is 3. The molecule has 4 aromatic rings. The van der Waals surface area contributed by atoms with Crippen LogP contribution in [0.4, 0.5) is 4.79 Å². The molecule has 1 unspecified atom stereocenters. The summed E-state index contributed by atoms with van der Waals surface area (Å²) in [5.41, 5.74) is 5.94. The highest BCUT2D eigenvalue weighted by atomic mass is 16.5. The molecule has 0 saturated carbocycles. The maximum absolute atomic E-state index is 12.4. The van der Waals surface area contributed by atoms with Gasteiger partial charge < -0.3 is 15.0 Å². The maximum Gasteiger partial charge on any atom is 0.407 e. The smallest absolute Gasteiger partial charge is 0.407 e. The minimum absolute atomic E-state index is 0.0515. The number of aromatic nitrogens is 1. The lowest BCUT2D eigenvalue weighted by Gasteiger charge is -2.36. The molecule has 0 radical (unpaired) electrons. The number of nitrogens with one attached hydrogen (secondary N) is 2. The Morgan fingerprint density at radius 3 is 2.41 bits per heavy atom. The van der Waals surface area contributed by atoms with Crippen molar-refractivity contribution in [2.75, 3.05) is 13.1 Å². The zero-order valence-electron chi connectivity index (χ0n) is 18.0. The van der Waals surface area contributed by atoms with Gasteiger partial charge in [-0.3, -0.25) is 4.90 Å². The standard InChI is InChI=1S/C27H27N3O2/c31-27(32-19-21-11-5-2-6-12-21)28-17-25-26-23(22-13-7-8-14-24(22)29-26)15-16-30(25)18-20-9-3-1-4-10-20/h1-14,25,29H,15-19H2,(H,28,31). The second kappa shape index (κ2) is 9.28. The van der Waals surface area contributed by atoms with E-state index >= 15 is 0 Å². The van der Waals surface area contributed by atoms with Gasteiger partial charge in [0.25, 0.3) is 0 Å². The van der Waals surface area contributed by atoms with E-state index in [-0.39, 0.29) is 12.6 Å². The summed E-state index contributed by atoms with van der Waals surface area (Å²) in [5, 5.41) is 4.28. The van der Waals surface area contributed by atoms with Crippen molar-refractivity contribution in [2.24, 2.45) is 0 Å². The minimum Gasteiger partial charge on any atom is -0.445 e. The van der Waals surface area contributed by atoms with Gasteiger partial charge in [0.2, 0.25) is 0 Å². The predicted octanol–water partition coefficient (Wildman–Crippen LogP) is 5.19. The van der Waals surface area contributed by atoms with E-state index in [4.69, 9.17) is 4.74 Å². The minimum atomic E-state index is -0.392. The summed E-state index contributed by atoms with van der Waals surface area (Å²) in [6, 6.07) is 28.7. The first-order chi connectivity index (χ1) is 15.8. The van der Waals surface area contributed by atoms with Gasteiger partial charge in [-0.25, -0.2) is 4.79 Å². The van der Waals surface area contributed by atoms with Gasteiger partial charge in [0, 0.05) is 36.2 Å². The van der Waals surface area contributed by atoms with Crippen molar-refractivity contribution >= 4 is 17.0 Å². The number of ether oxygens (including phenoxy) is 1. The van der Waals surface area contributed by atoms with E-state index in [1.54, 1.807) is 0 Å². The Hall–Kier alpha value is -3.57. The molecule has 162 valence electrons. The van der Waals surface area contributed by atoms with Crippen LogP contribution in [0.3, 0.4) is 0 Å². The summed E-state index contributed by atoms with van der Waals surface area (Å²) in [5.74, 6) is 0. The first-order valence-electron chi connectivity index (χ1n) is 11.1. The van der Waals surface area contributed by atoms with Crippen molar-refractivity contribution in [1.29, 1.82) is 0 Å². The van der Waals surface area contributed by atoms with Crippen LogP contribution < -0.4 is 5.32 Å². The molecule has 5 nitrogen and oxygen atoms in total. The molecule has 5 rings (SSSR count). The molecule has 0 fully saturated rings. The normalized spacial score (nSPS) is 15.9. The molecule has 1 aliphatic heterocycles. The fourth-order valence-corrected chi connectivity index (χ4v) is 4.56. The average Bonchev–Trinajstić information content (AvgIpc) is 3.22. The molecule has 5 heteroatoms. The number of nitrogens with zero attached hydrogens (tertiary/aromatic N) is 1. The van der Waals surface area contributed by atoms with E-state index in [0.717, 1.165) is 30.6 Å². The van der Waals surface area contributed by atoms with Crippen LogP contribution in [0.1, 0.15) is 28.4 Å². The van der Waals surface area contributed by atoms with Crippen LogP contribution in [-0.2, 0) is 24.3 Å². The summed E-state index contributed by atoms with van der Waals surface area (Å²) in [7, 11) is 0. The third-order valence-corrected chi connectivity index (χ3v) is 6.15. The molecule has 32 heavy (non-hydrogen) atoms. The van der Waals surface area contributed by atoms with E-state index in [2.05, 4.69) is 63.7 Å². The van der Waals surface area contributed by atoms with E-state index in [9.17, 15) is 4.79 Å². The van der Waals surface area contributed by atoms with Crippen LogP contribution in [0, 0.1) is 0 Å². The molecule has 1 aromatic heterocycles. The number of benzene rings is 3. The van der Waals surface area contributed by atoms with Crippen LogP contribution in [0.25, 0.3) is 10.9 Å². The van der Waals surface area contributed by atoms with Gasteiger partial charge in [0.1, 0.15) is 6.61 Å². The van der Waals surface area contributed by atoms with Crippen LogP contribution in [-0.4, -0.2) is 29.1 Å². The number of amides is 1. The van der Waals surface area contributed by atoms with Gasteiger partial charge in [0.15, 0.2) is 0 Å². The average molecular weight is 426 g/mol. The lowest BCUT2D eigenvalue weighted by molar-refractivity contribution is 0.128. The first-order valence-corrected chi connectivity index (χ1v) is 11.1. The SMILES string of the molecule is O=C(NCC1c2[nH]c3ccccc3c2CCN1Cc1ccccc1)OCc1ccccc1. The maximum atomic E-state index is 12.4. The highest BCUT2D eigenvalue weighted by molar-refractivity contribution is 5.85. The van der Waals surface area contributed by atoms with E-state index in [1.165, 1.54) is 22.2 Å². The number of aromatic amines is 1. The molecule has 0 saturated heterocycles. The van der Waals surface area contributed by atoms with Crippen LogP contribution in [0.15, 0.2) is 84.9 Å². The molecular weight excluding hydrogens is 398 g/mol. The molecule has 1 atom stereocenters. The molecule has 2 heterocycles. The van der Waals surface area contributed by atoms with Gasteiger partial charge in [0.05, 0.1) is 6.04 Å². The number of hydrogen-bond acceptors (Lipinski definition) is 3. The number of H-pyrrole nitrogens is 1. The molecule has 0 aliphatic carbocycles. The molecule has 0 bridgehead atoms. The second-order valence-electron chi connectivity index (χ2n) is 8.23. The fourth-order valence-electron chi connectivity index (χ4n) is 4.56. The lowest BCUT2D eigenvalue weighted by Crippen LogP contribution is -2.41. The topological polar surface area (TPSA) is 57.4 Å². The Balaban J connectivity index is 1.34. The molecule has 2 N–H and O–H groups in total. The van der Waals surface area contributed by atoms with Gasteiger partial charge in [-0.2, -0.15) is 0 Å². The van der Waals surface area contributed by atoms with Crippen molar-refractivity contribution in [3.05, 3.63) is 107 Å². The Bertz CT molecular complexity index is 1190. The van der Waals surface area contributed by atoms with Crippen LogP contribution >= 0.6 is 0 Å². The lowest BCUT2D eigenvalue weighted by atomic mass is 9.96. The predicted molar refractivity (Wildman–Crippen MR) is 126 cm³/mol. The number of carbonyl (C=O) groups is 1. The highest BCUT2D eigenvalue weighted by Gasteiger charge is 2.30. The highest BCUT2D eigenvalue weighted by Crippen LogP contribution is 2.35. The number of rotatable bonds is 6. The molecule has 3 aromatic carbocycles. The van der Waals surface area contributed by atoms with Gasteiger partial charge >= 0.3 is 6.09 Å². The van der Waals surface area contributed by atoms with Crippen LogP contribution in [0.2, 0.25) is 0 Å². The van der Waals surface area contributed by atoms with Crippen LogP contribution in [0.5, 0.6) is 0 Å². The van der Waals surface area contributed by atoms with E-state index < -0.39 is 6.09 Å². The zero-order chi connectivity index (χ0) is 21.8. The number of para-hydroxylation sites is 1. The quantitative estimate of drug-likeness (QED) is 0.447. The van der Waals surface area contributed by atoms with Gasteiger partial charge in [-0.15, -0.1) is 0 Å². The zero-order valence-corrected chi connectivity index (χ0v) is 18.0. The summed E-state index contributed by atoms with van der Waals surface area (Å²) in [4.78, 5) is 18.5. The molecule has 1 amide bonds. The summed E-state index contributed by atoms with van der Waals surface area (Å²) < 4.78 is 5.44. The molecule has 1 aliphatic rings. The number of carbonyl (C=O) groups excluding carboxylic acids is 1. The van der Waals surface area contributed by atoms with Crippen molar-refractivity contribution < 1.29 is 9.53 Å². The third-order valence-electron chi connectivity index (χ3n) is 6.15. The largest absolute Gasteiger partial charge is 0.445 e. The summed E-state index contributed by atoms with van der Waals surface area (Å²) in [6.45, 7) is 2.53. The van der Waals surface area contributed by atoms with E-state index in [0.29, 0.717) is 6.54 Å². The summed E-state index contributed by atoms with van der Waals surface area (Å²) in [6.07, 6.45) is 0.595. The summed E-state index contributed by atoms with van der Waals surface area (Å²) >= 11 is 0. The van der Waals surface area contributed by atoms with Crippen molar-refractivity contribution in [3.63, 3.8) is 0 Å². The Kier molecular flexibility index (Phi) is 5.90. The van der Waals surface area contributed by atoms with E-state index in [1.807, 2.05) is 36.4 Å². The molecule has 0 spiro atoms. The Morgan fingerprint density at radius 1 is 0.938 bits per heavy atom. The van der Waals surface area contributed by atoms with Gasteiger partial charge in [-0.1, -0.05) is 78.9 Å². The number of alkyl carbamates (subject to hydrolysis) is 1. The monoisotopic (exact) mass is 425 g/mol.